The molecule has 0 spiro atoms. The molecular weight excluding hydrogens is 268 g/mol. The van der Waals surface area contributed by atoms with Crippen molar-refractivity contribution in [3.8, 4) is 11.5 Å². The van der Waals surface area contributed by atoms with Crippen LogP contribution in [0.25, 0.3) is 0 Å². The molecule has 2 rings (SSSR count). The number of hydrogen-bond donors (Lipinski definition) is 4. The molecule has 0 aromatic heterocycles. The van der Waals surface area contributed by atoms with Crippen LogP contribution in [-0.2, 0) is 0 Å². The Labute approximate surface area is 123 Å². The predicted molar refractivity (Wildman–Crippen MR) is 82.0 cm³/mol. The van der Waals surface area contributed by atoms with E-state index in [1.54, 1.807) is 48.5 Å². The Morgan fingerprint density at radius 2 is 1.43 bits per heavy atom. The Balaban J connectivity index is 2.03. The second-order valence-electron chi connectivity index (χ2n) is 4.83. The van der Waals surface area contributed by atoms with E-state index in [9.17, 15) is 10.2 Å². The van der Waals surface area contributed by atoms with E-state index in [0.29, 0.717) is 35.7 Å². The zero-order valence-electron chi connectivity index (χ0n) is 11.6. The Kier molecular flexibility index (Phi) is 5.16. The lowest BCUT2D eigenvalue weighted by atomic mass is 10.0. The third kappa shape index (κ3) is 4.19. The summed E-state index contributed by atoms with van der Waals surface area (Å²) < 4.78 is 5.66. The molecule has 0 aliphatic rings. The summed E-state index contributed by atoms with van der Waals surface area (Å²) in [6.45, 7) is 0.330. The van der Waals surface area contributed by atoms with Gasteiger partial charge in [0.05, 0.1) is 6.10 Å². The van der Waals surface area contributed by atoms with Gasteiger partial charge in [0.1, 0.15) is 17.6 Å². The van der Waals surface area contributed by atoms with Crippen molar-refractivity contribution < 1.29 is 14.9 Å². The normalized spacial score (nSPS) is 13.7. The molecule has 0 amide bonds. The van der Waals surface area contributed by atoms with Gasteiger partial charge in [-0.1, -0.05) is 12.1 Å². The molecule has 2 aromatic rings. The molecule has 2 atom stereocenters. The SMILES string of the molecule is NCCC(O)C(O)c1ccc(Oc2ccc(N)cc2)cc1. The van der Waals surface area contributed by atoms with Crippen molar-refractivity contribution in [2.45, 2.75) is 18.6 Å². The molecule has 0 aliphatic heterocycles. The van der Waals surface area contributed by atoms with E-state index in [1.807, 2.05) is 0 Å². The highest BCUT2D eigenvalue weighted by molar-refractivity contribution is 5.43. The largest absolute Gasteiger partial charge is 0.457 e. The first-order valence-electron chi connectivity index (χ1n) is 6.79. The van der Waals surface area contributed by atoms with Gasteiger partial charge in [-0.25, -0.2) is 0 Å². The van der Waals surface area contributed by atoms with Gasteiger partial charge in [-0.2, -0.15) is 0 Å². The molecule has 0 radical (unpaired) electrons. The van der Waals surface area contributed by atoms with E-state index in [0.717, 1.165) is 0 Å². The number of nitrogens with two attached hydrogens (primary N) is 2. The van der Waals surface area contributed by atoms with Crippen LogP contribution in [0.5, 0.6) is 11.5 Å². The fraction of sp³-hybridized carbons (Fsp3) is 0.250. The lowest BCUT2D eigenvalue weighted by Gasteiger charge is -2.17. The number of aliphatic hydroxyl groups is 2. The third-order valence-corrected chi connectivity index (χ3v) is 3.16. The molecule has 112 valence electrons. The zero-order valence-corrected chi connectivity index (χ0v) is 11.6. The summed E-state index contributed by atoms with van der Waals surface area (Å²) in [4.78, 5) is 0. The number of hydrogen-bond acceptors (Lipinski definition) is 5. The second-order valence-corrected chi connectivity index (χ2v) is 4.83. The fourth-order valence-electron chi connectivity index (χ4n) is 1.96. The van der Waals surface area contributed by atoms with Crippen LogP contribution in [0.1, 0.15) is 18.1 Å². The molecule has 0 saturated heterocycles. The summed E-state index contributed by atoms with van der Waals surface area (Å²) in [5, 5.41) is 19.7. The van der Waals surface area contributed by atoms with Crippen molar-refractivity contribution in [1.29, 1.82) is 0 Å². The van der Waals surface area contributed by atoms with Crippen molar-refractivity contribution in [1.82, 2.24) is 0 Å². The Morgan fingerprint density at radius 3 is 1.95 bits per heavy atom. The molecule has 0 saturated carbocycles. The van der Waals surface area contributed by atoms with E-state index < -0.39 is 12.2 Å². The molecule has 0 fully saturated rings. The summed E-state index contributed by atoms with van der Waals surface area (Å²) in [6, 6.07) is 14.0. The van der Waals surface area contributed by atoms with Gasteiger partial charge in [0.2, 0.25) is 0 Å². The highest BCUT2D eigenvalue weighted by Crippen LogP contribution is 2.25. The maximum atomic E-state index is 9.97. The van der Waals surface area contributed by atoms with Crippen molar-refractivity contribution in [2.24, 2.45) is 5.73 Å². The van der Waals surface area contributed by atoms with Crippen LogP contribution in [0, 0.1) is 0 Å². The quantitative estimate of drug-likeness (QED) is 0.607. The van der Waals surface area contributed by atoms with E-state index in [-0.39, 0.29) is 0 Å². The molecule has 5 heteroatoms. The van der Waals surface area contributed by atoms with E-state index in [4.69, 9.17) is 16.2 Å². The van der Waals surface area contributed by atoms with Crippen LogP contribution in [-0.4, -0.2) is 22.9 Å². The van der Waals surface area contributed by atoms with Gasteiger partial charge in [0.15, 0.2) is 0 Å². The van der Waals surface area contributed by atoms with Crippen molar-refractivity contribution in [3.63, 3.8) is 0 Å². The Bertz CT molecular complexity index is 555. The molecule has 0 heterocycles. The maximum Gasteiger partial charge on any atom is 0.127 e. The fourth-order valence-corrected chi connectivity index (χ4v) is 1.96. The molecular formula is C16H20N2O3. The van der Waals surface area contributed by atoms with Gasteiger partial charge in [-0.3, -0.25) is 0 Å². The van der Waals surface area contributed by atoms with Gasteiger partial charge < -0.3 is 26.4 Å². The zero-order chi connectivity index (χ0) is 15.2. The monoisotopic (exact) mass is 288 g/mol. The van der Waals surface area contributed by atoms with Crippen molar-refractivity contribution >= 4 is 5.69 Å². The van der Waals surface area contributed by atoms with Crippen LogP contribution >= 0.6 is 0 Å². The topological polar surface area (TPSA) is 102 Å². The molecule has 2 unspecified atom stereocenters. The van der Waals surface area contributed by atoms with Gasteiger partial charge in [-0.05, 0) is 54.9 Å². The summed E-state index contributed by atoms with van der Waals surface area (Å²) >= 11 is 0. The standard InChI is InChI=1S/C16H20N2O3/c17-10-9-15(19)16(20)11-1-5-13(6-2-11)21-14-7-3-12(18)4-8-14/h1-8,15-16,19-20H,9-10,17-18H2. The van der Waals surface area contributed by atoms with Crippen LogP contribution in [0.3, 0.4) is 0 Å². The predicted octanol–water partition coefficient (Wildman–Crippen LogP) is 1.80. The Morgan fingerprint density at radius 1 is 0.905 bits per heavy atom. The van der Waals surface area contributed by atoms with E-state index in [2.05, 4.69) is 0 Å². The van der Waals surface area contributed by atoms with Gasteiger partial charge in [0, 0.05) is 5.69 Å². The molecule has 0 bridgehead atoms. The van der Waals surface area contributed by atoms with Crippen molar-refractivity contribution in [2.75, 3.05) is 12.3 Å². The van der Waals surface area contributed by atoms with Crippen LogP contribution in [0.15, 0.2) is 48.5 Å². The average molecular weight is 288 g/mol. The number of anilines is 1. The number of rotatable bonds is 6. The van der Waals surface area contributed by atoms with Gasteiger partial charge in [-0.15, -0.1) is 0 Å². The smallest absolute Gasteiger partial charge is 0.127 e. The van der Waals surface area contributed by atoms with Crippen LogP contribution in [0.4, 0.5) is 5.69 Å². The summed E-state index contributed by atoms with van der Waals surface area (Å²) in [6.07, 6.45) is -1.46. The van der Waals surface area contributed by atoms with E-state index in [1.165, 1.54) is 0 Å². The average Bonchev–Trinajstić information content (AvgIpc) is 2.50. The minimum absolute atomic E-state index is 0.330. The number of nitrogen functional groups attached to an aromatic ring is 1. The van der Waals surface area contributed by atoms with Crippen LogP contribution in [0.2, 0.25) is 0 Å². The highest BCUT2D eigenvalue weighted by Gasteiger charge is 2.17. The number of ether oxygens (including phenoxy) is 1. The number of aliphatic hydroxyl groups excluding tert-OH is 2. The third-order valence-electron chi connectivity index (χ3n) is 3.16. The van der Waals surface area contributed by atoms with Crippen molar-refractivity contribution in [3.05, 3.63) is 54.1 Å². The minimum atomic E-state index is -0.945. The minimum Gasteiger partial charge on any atom is -0.457 e. The second kappa shape index (κ2) is 7.08. The lowest BCUT2D eigenvalue weighted by molar-refractivity contribution is 0.0150. The molecule has 2 aromatic carbocycles. The molecule has 6 N–H and O–H groups in total. The van der Waals surface area contributed by atoms with Crippen LogP contribution < -0.4 is 16.2 Å². The highest BCUT2D eigenvalue weighted by atomic mass is 16.5. The Hall–Kier alpha value is -2.08. The summed E-state index contributed by atoms with van der Waals surface area (Å²) in [5.74, 6) is 1.32. The first kappa shape index (κ1) is 15.3. The van der Waals surface area contributed by atoms with Gasteiger partial charge >= 0.3 is 0 Å². The lowest BCUT2D eigenvalue weighted by Crippen LogP contribution is -2.21. The van der Waals surface area contributed by atoms with E-state index >= 15 is 0 Å². The summed E-state index contributed by atoms with van der Waals surface area (Å²) in [7, 11) is 0. The molecule has 21 heavy (non-hydrogen) atoms. The molecule has 5 nitrogen and oxygen atoms in total. The van der Waals surface area contributed by atoms with Gasteiger partial charge in [0.25, 0.3) is 0 Å². The first-order chi connectivity index (χ1) is 10.1. The maximum absolute atomic E-state index is 9.97. The molecule has 0 aliphatic carbocycles. The summed E-state index contributed by atoms with van der Waals surface area (Å²) in [5.41, 5.74) is 12.3. The number of benzene rings is 2. The first-order valence-corrected chi connectivity index (χ1v) is 6.79.